The largest absolute Gasteiger partial charge is 0.419 e. The number of alkyl halides is 3. The van der Waals surface area contributed by atoms with Gasteiger partial charge in [0.05, 0.1) is 5.56 Å². The maximum Gasteiger partial charge on any atom is 0.419 e. The highest BCUT2D eigenvalue weighted by molar-refractivity contribution is 5.28. The van der Waals surface area contributed by atoms with Crippen LogP contribution in [0, 0.1) is 11.6 Å². The number of hydrogen-bond acceptors (Lipinski definition) is 0. The molecule has 1 rings (SSSR count). The minimum Gasteiger partial charge on any atom is -0.203 e. The van der Waals surface area contributed by atoms with E-state index in [9.17, 15) is 22.0 Å². The monoisotopic (exact) mass is 240 g/mol. The summed E-state index contributed by atoms with van der Waals surface area (Å²) in [4.78, 5) is 0. The molecule has 0 spiro atoms. The third kappa shape index (κ3) is 3.18. The van der Waals surface area contributed by atoms with Crippen LogP contribution in [0.1, 0.15) is 31.9 Å². The predicted octanol–water partition coefficient (Wildman–Crippen LogP) is 4.57. The Morgan fingerprint density at radius 2 is 1.50 bits per heavy atom. The van der Waals surface area contributed by atoms with Crippen molar-refractivity contribution in [2.24, 2.45) is 0 Å². The van der Waals surface area contributed by atoms with Crippen LogP contribution in [0.25, 0.3) is 0 Å². The van der Waals surface area contributed by atoms with Crippen molar-refractivity contribution in [2.75, 3.05) is 0 Å². The van der Waals surface area contributed by atoms with Crippen molar-refractivity contribution in [3.05, 3.63) is 34.9 Å². The van der Waals surface area contributed by atoms with Crippen LogP contribution in [0.15, 0.2) is 12.1 Å². The van der Waals surface area contributed by atoms with Gasteiger partial charge in [0.2, 0.25) is 0 Å². The van der Waals surface area contributed by atoms with E-state index in [1.807, 2.05) is 13.8 Å². The van der Waals surface area contributed by atoms with E-state index in [4.69, 9.17) is 0 Å². The average Bonchev–Trinajstić information content (AvgIpc) is 2.23. The molecule has 0 aromatic heterocycles. The van der Waals surface area contributed by atoms with Crippen LogP contribution < -0.4 is 0 Å². The fourth-order valence-corrected chi connectivity index (χ4v) is 1.08. The summed E-state index contributed by atoms with van der Waals surface area (Å²) < 4.78 is 61.9. The highest BCUT2D eigenvalue weighted by Gasteiger charge is 2.35. The molecule has 0 fully saturated rings. The zero-order chi connectivity index (χ0) is 12.9. The van der Waals surface area contributed by atoms with Crippen molar-refractivity contribution in [1.29, 1.82) is 0 Å². The molecule has 92 valence electrons. The molecule has 0 unspecified atom stereocenters. The zero-order valence-corrected chi connectivity index (χ0v) is 9.25. The first-order chi connectivity index (χ1) is 7.38. The summed E-state index contributed by atoms with van der Waals surface area (Å²) in [5.41, 5.74) is -1.62. The van der Waals surface area contributed by atoms with Crippen molar-refractivity contribution in [3.63, 3.8) is 0 Å². The van der Waals surface area contributed by atoms with Gasteiger partial charge in [-0.05, 0) is 18.1 Å². The highest BCUT2D eigenvalue weighted by atomic mass is 19.4. The highest BCUT2D eigenvalue weighted by Crippen LogP contribution is 2.32. The number of rotatable bonds is 1. The molecule has 0 aliphatic rings. The van der Waals surface area contributed by atoms with Crippen molar-refractivity contribution in [1.82, 2.24) is 0 Å². The van der Waals surface area contributed by atoms with Crippen LogP contribution in [-0.4, -0.2) is 0 Å². The number of halogens is 5. The molecule has 0 bridgehead atoms. The molecule has 0 aliphatic heterocycles. The van der Waals surface area contributed by atoms with Crippen LogP contribution in [-0.2, 0) is 12.6 Å². The summed E-state index contributed by atoms with van der Waals surface area (Å²) in [6, 6.07) is 1.50. The maximum absolute atomic E-state index is 12.9. The molecule has 0 radical (unpaired) electrons. The van der Waals surface area contributed by atoms with Crippen molar-refractivity contribution >= 4 is 0 Å². The molecule has 0 saturated heterocycles. The summed E-state index contributed by atoms with van der Waals surface area (Å²) in [6.07, 6.45) is -4.70. The second-order valence-electron chi connectivity index (χ2n) is 2.75. The Kier molecular flexibility index (Phi) is 5.41. The van der Waals surface area contributed by atoms with Crippen molar-refractivity contribution in [2.45, 2.75) is 33.4 Å². The minimum absolute atomic E-state index is 0.0597. The lowest BCUT2D eigenvalue weighted by atomic mass is 10.1. The quantitative estimate of drug-likeness (QED) is 0.630. The SMILES string of the molecule is CC.CCc1ccc(C(F)(F)F)c(F)c1F. The summed E-state index contributed by atoms with van der Waals surface area (Å²) in [5, 5.41) is 0. The van der Waals surface area contributed by atoms with E-state index in [0.717, 1.165) is 6.07 Å². The van der Waals surface area contributed by atoms with E-state index >= 15 is 0 Å². The summed E-state index contributed by atoms with van der Waals surface area (Å²) in [5.74, 6) is -3.24. The summed E-state index contributed by atoms with van der Waals surface area (Å²) in [6.45, 7) is 5.53. The first-order valence-electron chi connectivity index (χ1n) is 4.92. The van der Waals surface area contributed by atoms with Crippen molar-refractivity contribution < 1.29 is 22.0 Å². The van der Waals surface area contributed by atoms with E-state index in [1.54, 1.807) is 0 Å². The number of aryl methyl sites for hydroxylation is 1. The van der Waals surface area contributed by atoms with Crippen molar-refractivity contribution in [3.8, 4) is 0 Å². The van der Waals surface area contributed by atoms with E-state index < -0.39 is 23.4 Å². The Morgan fingerprint density at radius 3 is 1.88 bits per heavy atom. The molecule has 1 aromatic carbocycles. The maximum atomic E-state index is 12.9. The Labute approximate surface area is 91.1 Å². The van der Waals surface area contributed by atoms with E-state index in [0.29, 0.717) is 6.07 Å². The van der Waals surface area contributed by atoms with E-state index in [2.05, 4.69) is 0 Å². The fourth-order valence-electron chi connectivity index (χ4n) is 1.08. The Balaban J connectivity index is 0.00000106. The molecular formula is C11H13F5. The van der Waals surface area contributed by atoms with E-state index in [1.165, 1.54) is 6.92 Å². The van der Waals surface area contributed by atoms with Gasteiger partial charge in [-0.3, -0.25) is 0 Å². The molecular weight excluding hydrogens is 227 g/mol. The molecule has 0 atom stereocenters. The summed E-state index contributed by atoms with van der Waals surface area (Å²) >= 11 is 0. The van der Waals surface area contributed by atoms with Crippen LogP contribution in [0.4, 0.5) is 22.0 Å². The second-order valence-corrected chi connectivity index (χ2v) is 2.75. The first kappa shape index (κ1) is 14.9. The predicted molar refractivity (Wildman–Crippen MR) is 52.1 cm³/mol. The topological polar surface area (TPSA) is 0 Å². The number of hydrogen-bond donors (Lipinski definition) is 0. The summed E-state index contributed by atoms with van der Waals surface area (Å²) in [7, 11) is 0. The normalized spacial score (nSPS) is 10.8. The molecule has 0 nitrogen and oxygen atoms in total. The number of benzene rings is 1. The zero-order valence-electron chi connectivity index (χ0n) is 9.25. The lowest BCUT2D eigenvalue weighted by Crippen LogP contribution is -2.10. The van der Waals surface area contributed by atoms with Gasteiger partial charge in [-0.25, -0.2) is 8.78 Å². The Morgan fingerprint density at radius 1 is 1.00 bits per heavy atom. The molecule has 5 heteroatoms. The molecule has 0 N–H and O–H groups in total. The lowest BCUT2D eigenvalue weighted by molar-refractivity contribution is -0.140. The van der Waals surface area contributed by atoms with Crippen LogP contribution >= 0.6 is 0 Å². The van der Waals surface area contributed by atoms with Crippen LogP contribution in [0.5, 0.6) is 0 Å². The van der Waals surface area contributed by atoms with Gasteiger partial charge >= 0.3 is 6.18 Å². The van der Waals surface area contributed by atoms with Gasteiger partial charge in [-0.1, -0.05) is 26.8 Å². The first-order valence-corrected chi connectivity index (χ1v) is 4.92. The van der Waals surface area contributed by atoms with E-state index in [-0.39, 0.29) is 12.0 Å². The standard InChI is InChI=1S/C9H7F5.C2H6/c1-2-5-3-4-6(9(12,13)14)8(11)7(5)10;1-2/h3-4H,2H2,1H3;1-2H3. The minimum atomic E-state index is -4.85. The molecule has 0 saturated carbocycles. The second kappa shape index (κ2) is 5.82. The molecule has 0 aliphatic carbocycles. The fraction of sp³-hybridized carbons (Fsp3) is 0.455. The van der Waals surface area contributed by atoms with Gasteiger partial charge in [-0.15, -0.1) is 0 Å². The van der Waals surface area contributed by atoms with Gasteiger partial charge in [0.1, 0.15) is 0 Å². The molecule has 16 heavy (non-hydrogen) atoms. The van der Waals surface area contributed by atoms with Crippen LogP contribution in [0.2, 0.25) is 0 Å². The smallest absolute Gasteiger partial charge is 0.203 e. The van der Waals surface area contributed by atoms with Gasteiger partial charge in [0.25, 0.3) is 0 Å². The van der Waals surface area contributed by atoms with Gasteiger partial charge in [0, 0.05) is 0 Å². The lowest BCUT2D eigenvalue weighted by Gasteiger charge is -2.09. The molecule has 0 heterocycles. The Bertz CT molecular complexity index is 341. The third-order valence-electron chi connectivity index (χ3n) is 1.85. The van der Waals surface area contributed by atoms with Gasteiger partial charge < -0.3 is 0 Å². The van der Waals surface area contributed by atoms with Gasteiger partial charge in [0.15, 0.2) is 11.6 Å². The molecule has 0 amide bonds. The third-order valence-corrected chi connectivity index (χ3v) is 1.85. The Hall–Kier alpha value is -1.13. The average molecular weight is 240 g/mol. The van der Waals surface area contributed by atoms with Gasteiger partial charge in [-0.2, -0.15) is 13.2 Å². The molecule has 1 aromatic rings. The van der Waals surface area contributed by atoms with Crippen LogP contribution in [0.3, 0.4) is 0 Å².